The van der Waals surface area contributed by atoms with Gasteiger partial charge in [0.1, 0.15) is 17.7 Å². The Balaban J connectivity index is 1.35. The molecule has 7 heteroatoms. The summed E-state index contributed by atoms with van der Waals surface area (Å²) in [4.78, 5) is 27.0. The average molecular weight is 542 g/mol. The normalized spacial score (nSPS) is 11.7. The zero-order chi connectivity index (χ0) is 28.4. The zero-order valence-corrected chi connectivity index (χ0v) is 23.3. The highest BCUT2D eigenvalue weighted by Gasteiger charge is 2.20. The number of nitrogens with one attached hydrogen (secondary N) is 1. The van der Waals surface area contributed by atoms with E-state index in [-0.39, 0.29) is 5.92 Å². The fraction of sp³-hybridized carbons (Fsp3) is 0.176. The summed E-state index contributed by atoms with van der Waals surface area (Å²) in [7, 11) is 0. The standard InChI is InChI=1S/C34H31N5O2/c1-34(2,3)41-33(40)39-22-36-29-20-25(18-19-30(29)39)31-37-28-17-11-10-16-26(28)32(38-31)35-21-27(23-12-6-4-7-13-23)24-14-8-5-9-15-24/h4-20,22,27H,21H2,1-3H3,(H,35,37,38). The highest BCUT2D eigenvalue weighted by molar-refractivity contribution is 5.92. The molecule has 2 heterocycles. The predicted octanol–water partition coefficient (Wildman–Crippen LogP) is 7.67. The van der Waals surface area contributed by atoms with Crippen molar-refractivity contribution in [2.24, 2.45) is 0 Å². The number of carbonyl (C=O) groups is 1. The van der Waals surface area contributed by atoms with Gasteiger partial charge in [0.25, 0.3) is 0 Å². The molecule has 2 aromatic heterocycles. The van der Waals surface area contributed by atoms with Crippen LogP contribution in [0.4, 0.5) is 10.6 Å². The number of para-hydroxylation sites is 1. The highest BCUT2D eigenvalue weighted by atomic mass is 16.6. The van der Waals surface area contributed by atoms with Crippen molar-refractivity contribution in [3.63, 3.8) is 0 Å². The molecule has 0 aliphatic carbocycles. The first-order chi connectivity index (χ1) is 19.9. The van der Waals surface area contributed by atoms with Crippen LogP contribution >= 0.6 is 0 Å². The Morgan fingerprint density at radius 2 is 1.49 bits per heavy atom. The summed E-state index contributed by atoms with van der Waals surface area (Å²) in [6.45, 7) is 6.18. The van der Waals surface area contributed by atoms with E-state index in [9.17, 15) is 4.79 Å². The van der Waals surface area contributed by atoms with E-state index in [0.717, 1.165) is 22.3 Å². The average Bonchev–Trinajstić information content (AvgIpc) is 3.41. The Labute approximate surface area is 238 Å². The minimum atomic E-state index is -0.601. The van der Waals surface area contributed by atoms with Gasteiger partial charge in [0.2, 0.25) is 0 Å². The second-order valence-electron chi connectivity index (χ2n) is 11.0. The van der Waals surface area contributed by atoms with Crippen molar-refractivity contribution < 1.29 is 9.53 Å². The number of benzene rings is 4. The van der Waals surface area contributed by atoms with Crippen LogP contribution in [0.1, 0.15) is 37.8 Å². The number of ether oxygens (including phenoxy) is 1. The van der Waals surface area contributed by atoms with E-state index >= 15 is 0 Å². The van der Waals surface area contributed by atoms with Crippen molar-refractivity contribution in [1.82, 2.24) is 19.5 Å². The molecule has 0 fully saturated rings. The van der Waals surface area contributed by atoms with Gasteiger partial charge in [-0.2, -0.15) is 0 Å². The number of nitrogens with zero attached hydrogens (tertiary/aromatic N) is 4. The van der Waals surface area contributed by atoms with Gasteiger partial charge in [0.15, 0.2) is 5.82 Å². The van der Waals surface area contributed by atoms with Crippen molar-refractivity contribution >= 4 is 33.8 Å². The molecule has 41 heavy (non-hydrogen) atoms. The van der Waals surface area contributed by atoms with E-state index in [2.05, 4.69) is 58.8 Å². The zero-order valence-electron chi connectivity index (χ0n) is 23.3. The van der Waals surface area contributed by atoms with Crippen LogP contribution in [-0.2, 0) is 4.74 Å². The molecule has 7 nitrogen and oxygen atoms in total. The second kappa shape index (κ2) is 10.8. The van der Waals surface area contributed by atoms with Crippen LogP contribution in [0.15, 0.2) is 109 Å². The van der Waals surface area contributed by atoms with E-state index in [0.29, 0.717) is 23.4 Å². The lowest BCUT2D eigenvalue weighted by atomic mass is 9.91. The third-order valence-corrected chi connectivity index (χ3v) is 6.88. The van der Waals surface area contributed by atoms with Crippen LogP contribution in [0.3, 0.4) is 0 Å². The van der Waals surface area contributed by atoms with Gasteiger partial charge in [-0.05, 0) is 62.2 Å². The van der Waals surface area contributed by atoms with Gasteiger partial charge in [-0.3, -0.25) is 0 Å². The van der Waals surface area contributed by atoms with Gasteiger partial charge in [0, 0.05) is 23.4 Å². The van der Waals surface area contributed by atoms with E-state index in [4.69, 9.17) is 14.7 Å². The third kappa shape index (κ3) is 5.65. The smallest absolute Gasteiger partial charge is 0.420 e. The summed E-state index contributed by atoms with van der Waals surface area (Å²) in [6.07, 6.45) is 1.02. The first kappa shape index (κ1) is 26.2. The first-order valence-electron chi connectivity index (χ1n) is 13.7. The first-order valence-corrected chi connectivity index (χ1v) is 13.7. The highest BCUT2D eigenvalue weighted by Crippen LogP contribution is 2.30. The Kier molecular flexibility index (Phi) is 6.93. The summed E-state index contributed by atoms with van der Waals surface area (Å²) in [5, 5.41) is 4.59. The number of carbonyl (C=O) groups excluding carboxylic acids is 1. The van der Waals surface area contributed by atoms with E-state index < -0.39 is 11.7 Å². The maximum absolute atomic E-state index is 12.7. The molecule has 6 aromatic rings. The molecule has 0 atom stereocenters. The summed E-state index contributed by atoms with van der Waals surface area (Å²) < 4.78 is 6.95. The quantitative estimate of drug-likeness (QED) is 0.233. The molecule has 0 amide bonds. The predicted molar refractivity (Wildman–Crippen MR) is 163 cm³/mol. The van der Waals surface area contributed by atoms with Crippen LogP contribution in [0.5, 0.6) is 0 Å². The van der Waals surface area contributed by atoms with Crippen molar-refractivity contribution in [2.45, 2.75) is 32.3 Å². The van der Waals surface area contributed by atoms with Gasteiger partial charge in [0.05, 0.1) is 16.6 Å². The summed E-state index contributed by atoms with van der Waals surface area (Å²) in [5.74, 6) is 1.49. The Hall–Kier alpha value is -5.04. The molecule has 0 saturated heterocycles. The molecule has 6 rings (SSSR count). The number of anilines is 1. The molecular weight excluding hydrogens is 510 g/mol. The lowest BCUT2D eigenvalue weighted by molar-refractivity contribution is 0.0543. The van der Waals surface area contributed by atoms with Crippen molar-refractivity contribution in [2.75, 3.05) is 11.9 Å². The number of aromatic nitrogens is 4. The Morgan fingerprint density at radius 3 is 2.17 bits per heavy atom. The summed E-state index contributed by atoms with van der Waals surface area (Å²) in [5.41, 5.74) is 4.84. The fourth-order valence-corrected chi connectivity index (χ4v) is 4.95. The van der Waals surface area contributed by atoms with Crippen molar-refractivity contribution in [3.8, 4) is 11.4 Å². The number of rotatable bonds is 6. The van der Waals surface area contributed by atoms with Gasteiger partial charge in [-0.1, -0.05) is 72.8 Å². The van der Waals surface area contributed by atoms with Crippen molar-refractivity contribution in [1.29, 1.82) is 0 Å². The molecule has 4 aromatic carbocycles. The van der Waals surface area contributed by atoms with Crippen LogP contribution in [-0.4, -0.2) is 37.8 Å². The van der Waals surface area contributed by atoms with E-state index in [1.807, 2.05) is 75.4 Å². The van der Waals surface area contributed by atoms with Gasteiger partial charge in [-0.15, -0.1) is 0 Å². The number of imidazole rings is 1. The lowest BCUT2D eigenvalue weighted by Crippen LogP contribution is -2.26. The molecular formula is C34H31N5O2. The molecule has 0 unspecified atom stereocenters. The third-order valence-electron chi connectivity index (χ3n) is 6.88. The molecule has 1 N–H and O–H groups in total. The van der Waals surface area contributed by atoms with Crippen LogP contribution in [0, 0.1) is 0 Å². The largest absolute Gasteiger partial charge is 0.443 e. The maximum Gasteiger partial charge on any atom is 0.420 e. The molecule has 0 radical (unpaired) electrons. The van der Waals surface area contributed by atoms with Crippen LogP contribution in [0.25, 0.3) is 33.3 Å². The molecule has 0 spiro atoms. The summed E-state index contributed by atoms with van der Waals surface area (Å²) in [6, 6.07) is 34.7. The molecule has 0 aliphatic heterocycles. The molecule has 204 valence electrons. The number of fused-ring (bicyclic) bond motifs is 2. The van der Waals surface area contributed by atoms with Gasteiger partial charge < -0.3 is 10.1 Å². The van der Waals surface area contributed by atoms with Gasteiger partial charge in [-0.25, -0.2) is 24.3 Å². The number of hydrogen-bond acceptors (Lipinski definition) is 6. The lowest BCUT2D eigenvalue weighted by Gasteiger charge is -2.20. The minimum absolute atomic E-state index is 0.141. The molecule has 0 aliphatic rings. The van der Waals surface area contributed by atoms with Crippen LogP contribution < -0.4 is 5.32 Å². The van der Waals surface area contributed by atoms with Crippen molar-refractivity contribution in [3.05, 3.63) is 121 Å². The maximum atomic E-state index is 12.7. The molecule has 0 bridgehead atoms. The number of hydrogen-bond donors (Lipinski definition) is 1. The van der Waals surface area contributed by atoms with Gasteiger partial charge >= 0.3 is 6.09 Å². The monoisotopic (exact) mass is 541 g/mol. The SMILES string of the molecule is CC(C)(C)OC(=O)n1cnc2cc(-c3nc(NCC(c4ccccc4)c4ccccc4)c4ccccc4n3)ccc21. The van der Waals surface area contributed by atoms with E-state index in [1.165, 1.54) is 22.0 Å². The minimum Gasteiger partial charge on any atom is -0.443 e. The second-order valence-corrected chi connectivity index (χ2v) is 11.0. The topological polar surface area (TPSA) is 81.9 Å². The molecule has 0 saturated carbocycles. The van der Waals surface area contributed by atoms with Crippen LogP contribution in [0.2, 0.25) is 0 Å². The Morgan fingerprint density at radius 1 is 0.829 bits per heavy atom. The summed E-state index contributed by atoms with van der Waals surface area (Å²) >= 11 is 0. The Bertz CT molecular complexity index is 1790. The van der Waals surface area contributed by atoms with E-state index in [1.54, 1.807) is 0 Å². The fourth-order valence-electron chi connectivity index (χ4n) is 4.95.